The highest BCUT2D eigenvalue weighted by Gasteiger charge is 2.23. The predicted molar refractivity (Wildman–Crippen MR) is 74.3 cm³/mol. The van der Waals surface area contributed by atoms with E-state index in [-0.39, 0.29) is 30.3 Å². The highest BCUT2D eigenvalue weighted by molar-refractivity contribution is 5.85. The molecule has 0 saturated heterocycles. The summed E-state index contributed by atoms with van der Waals surface area (Å²) >= 11 is 0. The number of carbonyl (C=O) groups is 1. The van der Waals surface area contributed by atoms with Gasteiger partial charge in [0.25, 0.3) is 0 Å². The Balaban J connectivity index is 0.00000256. The summed E-state index contributed by atoms with van der Waals surface area (Å²) in [4.78, 5) is 13.8. The lowest BCUT2D eigenvalue weighted by Crippen LogP contribution is -2.46. The van der Waals surface area contributed by atoms with Crippen LogP contribution >= 0.6 is 12.4 Å². The van der Waals surface area contributed by atoms with Crippen molar-refractivity contribution in [3.8, 4) is 0 Å². The number of hydrogen-bond donors (Lipinski definition) is 1. The van der Waals surface area contributed by atoms with Gasteiger partial charge in [-0.15, -0.1) is 12.4 Å². The van der Waals surface area contributed by atoms with Gasteiger partial charge in [0.15, 0.2) is 0 Å². The Morgan fingerprint density at radius 2 is 1.82 bits per heavy atom. The van der Waals surface area contributed by atoms with Crippen LogP contribution in [-0.4, -0.2) is 30.4 Å². The fraction of sp³-hybridized carbons (Fsp3) is 0.923. The Labute approximate surface area is 112 Å². The van der Waals surface area contributed by atoms with E-state index >= 15 is 0 Å². The molecule has 1 atom stereocenters. The SMILES string of the molecule is CC(C)C(N)C(=O)N(C)CC1CCCCC1.Cl. The molecule has 0 bridgehead atoms. The molecule has 1 fully saturated rings. The number of nitrogens with zero attached hydrogens (tertiary/aromatic N) is 1. The number of likely N-dealkylation sites (N-methyl/N-ethyl adjacent to an activating group) is 1. The van der Waals surface area contributed by atoms with Crippen LogP contribution in [0.4, 0.5) is 0 Å². The quantitative estimate of drug-likeness (QED) is 0.846. The van der Waals surface area contributed by atoms with Gasteiger partial charge in [-0.05, 0) is 24.7 Å². The number of amides is 1. The molecule has 1 aliphatic carbocycles. The van der Waals surface area contributed by atoms with Crippen LogP contribution in [0.2, 0.25) is 0 Å². The standard InChI is InChI=1S/C13H26N2O.ClH/c1-10(2)12(14)13(16)15(3)9-11-7-5-4-6-8-11;/h10-12H,4-9,14H2,1-3H3;1H. The molecule has 1 aliphatic rings. The van der Waals surface area contributed by atoms with Crippen LogP contribution < -0.4 is 5.73 Å². The Kier molecular flexibility index (Phi) is 7.80. The summed E-state index contributed by atoms with van der Waals surface area (Å²) in [5, 5.41) is 0. The average molecular weight is 263 g/mol. The third kappa shape index (κ3) is 5.26. The van der Waals surface area contributed by atoms with Crippen LogP contribution in [0, 0.1) is 11.8 Å². The maximum absolute atomic E-state index is 12.0. The summed E-state index contributed by atoms with van der Waals surface area (Å²) in [6.07, 6.45) is 6.55. The van der Waals surface area contributed by atoms with E-state index in [0.29, 0.717) is 5.92 Å². The first-order chi connectivity index (χ1) is 7.52. The zero-order chi connectivity index (χ0) is 12.1. The van der Waals surface area contributed by atoms with Crippen molar-refractivity contribution in [1.82, 2.24) is 4.90 Å². The normalized spacial score (nSPS) is 18.6. The molecule has 0 spiro atoms. The number of halogens is 1. The molecule has 1 amide bonds. The highest BCUT2D eigenvalue weighted by Crippen LogP contribution is 2.24. The van der Waals surface area contributed by atoms with Crippen molar-refractivity contribution in [3.05, 3.63) is 0 Å². The highest BCUT2D eigenvalue weighted by atomic mass is 35.5. The van der Waals surface area contributed by atoms with Crippen molar-refractivity contribution in [2.75, 3.05) is 13.6 Å². The first kappa shape index (κ1) is 16.7. The van der Waals surface area contributed by atoms with Crippen LogP contribution in [-0.2, 0) is 4.79 Å². The first-order valence-electron chi connectivity index (χ1n) is 6.53. The summed E-state index contributed by atoms with van der Waals surface area (Å²) in [6.45, 7) is 4.88. The summed E-state index contributed by atoms with van der Waals surface area (Å²) in [5.41, 5.74) is 5.87. The van der Waals surface area contributed by atoms with E-state index in [1.165, 1.54) is 32.1 Å². The van der Waals surface area contributed by atoms with Crippen molar-refractivity contribution >= 4 is 18.3 Å². The minimum atomic E-state index is -0.339. The minimum Gasteiger partial charge on any atom is -0.344 e. The average Bonchev–Trinajstić information content (AvgIpc) is 2.28. The predicted octanol–water partition coefficient (Wildman–Crippen LogP) is 2.43. The van der Waals surface area contributed by atoms with E-state index in [1.54, 1.807) is 0 Å². The van der Waals surface area contributed by atoms with Gasteiger partial charge in [0, 0.05) is 13.6 Å². The van der Waals surface area contributed by atoms with Gasteiger partial charge >= 0.3 is 0 Å². The largest absolute Gasteiger partial charge is 0.344 e. The summed E-state index contributed by atoms with van der Waals surface area (Å²) < 4.78 is 0. The van der Waals surface area contributed by atoms with Gasteiger partial charge in [0.05, 0.1) is 6.04 Å². The fourth-order valence-electron chi connectivity index (χ4n) is 2.39. The minimum absolute atomic E-state index is 0. The van der Waals surface area contributed by atoms with Crippen LogP contribution in [0.15, 0.2) is 0 Å². The zero-order valence-corrected chi connectivity index (χ0v) is 12.1. The van der Waals surface area contributed by atoms with Crippen molar-refractivity contribution in [2.24, 2.45) is 17.6 Å². The second-order valence-electron chi connectivity index (χ2n) is 5.49. The Morgan fingerprint density at radius 1 is 1.29 bits per heavy atom. The second-order valence-corrected chi connectivity index (χ2v) is 5.49. The van der Waals surface area contributed by atoms with Crippen LogP contribution in [0.1, 0.15) is 46.0 Å². The second kappa shape index (κ2) is 7.93. The Bertz CT molecular complexity index is 227. The van der Waals surface area contributed by atoms with E-state index in [2.05, 4.69) is 0 Å². The maximum atomic E-state index is 12.0. The monoisotopic (exact) mass is 262 g/mol. The number of rotatable bonds is 4. The fourth-order valence-corrected chi connectivity index (χ4v) is 2.39. The van der Waals surface area contributed by atoms with E-state index < -0.39 is 0 Å². The van der Waals surface area contributed by atoms with Gasteiger partial charge in [0.2, 0.25) is 5.91 Å². The molecule has 0 aliphatic heterocycles. The van der Waals surface area contributed by atoms with Crippen molar-refractivity contribution < 1.29 is 4.79 Å². The third-order valence-corrected chi connectivity index (χ3v) is 3.64. The number of nitrogens with two attached hydrogens (primary N) is 1. The van der Waals surface area contributed by atoms with Gasteiger partial charge in [0.1, 0.15) is 0 Å². The number of hydrogen-bond acceptors (Lipinski definition) is 2. The van der Waals surface area contributed by atoms with Crippen LogP contribution in [0.5, 0.6) is 0 Å². The summed E-state index contributed by atoms with van der Waals surface area (Å²) in [5.74, 6) is 1.02. The maximum Gasteiger partial charge on any atom is 0.239 e. The lowest BCUT2D eigenvalue weighted by molar-refractivity contribution is -0.132. The van der Waals surface area contributed by atoms with Gasteiger partial charge in [-0.3, -0.25) is 4.79 Å². The molecule has 1 unspecified atom stereocenters. The van der Waals surface area contributed by atoms with Crippen molar-refractivity contribution in [1.29, 1.82) is 0 Å². The van der Waals surface area contributed by atoms with Gasteiger partial charge in [-0.1, -0.05) is 33.1 Å². The molecule has 0 aromatic rings. The van der Waals surface area contributed by atoms with E-state index in [1.807, 2.05) is 25.8 Å². The molecule has 0 heterocycles. The topological polar surface area (TPSA) is 46.3 Å². The molecule has 3 nitrogen and oxygen atoms in total. The molecule has 4 heteroatoms. The first-order valence-corrected chi connectivity index (χ1v) is 6.53. The molecule has 0 aromatic heterocycles. The molecule has 1 saturated carbocycles. The Morgan fingerprint density at radius 3 is 2.29 bits per heavy atom. The van der Waals surface area contributed by atoms with Gasteiger partial charge in [-0.2, -0.15) is 0 Å². The zero-order valence-electron chi connectivity index (χ0n) is 11.3. The van der Waals surface area contributed by atoms with E-state index in [4.69, 9.17) is 5.73 Å². The van der Waals surface area contributed by atoms with Gasteiger partial charge < -0.3 is 10.6 Å². The molecular formula is C13H27ClN2O. The molecule has 0 radical (unpaired) electrons. The smallest absolute Gasteiger partial charge is 0.239 e. The van der Waals surface area contributed by atoms with Crippen molar-refractivity contribution in [2.45, 2.75) is 52.0 Å². The molecule has 102 valence electrons. The lowest BCUT2D eigenvalue weighted by atomic mass is 9.89. The van der Waals surface area contributed by atoms with E-state index in [0.717, 1.165) is 6.54 Å². The van der Waals surface area contributed by atoms with E-state index in [9.17, 15) is 4.79 Å². The Hall–Kier alpha value is -0.280. The lowest BCUT2D eigenvalue weighted by Gasteiger charge is -2.29. The third-order valence-electron chi connectivity index (χ3n) is 3.64. The molecule has 2 N–H and O–H groups in total. The van der Waals surface area contributed by atoms with Crippen molar-refractivity contribution in [3.63, 3.8) is 0 Å². The summed E-state index contributed by atoms with van der Waals surface area (Å²) in [6, 6.07) is -0.339. The molecule has 17 heavy (non-hydrogen) atoms. The molecule has 1 rings (SSSR count). The molecular weight excluding hydrogens is 236 g/mol. The van der Waals surface area contributed by atoms with Gasteiger partial charge in [-0.25, -0.2) is 0 Å². The summed E-state index contributed by atoms with van der Waals surface area (Å²) in [7, 11) is 1.89. The van der Waals surface area contributed by atoms with Crippen LogP contribution in [0.25, 0.3) is 0 Å². The number of carbonyl (C=O) groups excluding carboxylic acids is 1. The van der Waals surface area contributed by atoms with Crippen LogP contribution in [0.3, 0.4) is 0 Å². The molecule has 0 aromatic carbocycles.